The van der Waals surface area contributed by atoms with Crippen LogP contribution in [0.3, 0.4) is 0 Å². The monoisotopic (exact) mass is 316 g/mol. The molecule has 0 saturated carbocycles. The summed E-state index contributed by atoms with van der Waals surface area (Å²) in [7, 11) is 0. The van der Waals surface area contributed by atoms with Gasteiger partial charge in [-0.25, -0.2) is 18.2 Å². The van der Waals surface area contributed by atoms with Crippen LogP contribution in [0, 0.1) is 17.5 Å². The zero-order valence-electron chi connectivity index (χ0n) is 12.5. The Hall–Kier alpha value is -2.25. The van der Waals surface area contributed by atoms with Crippen LogP contribution in [0.5, 0.6) is 0 Å². The Morgan fingerprint density at radius 3 is 2.50 bits per heavy atom. The minimum absolute atomic E-state index is 0.280. The summed E-state index contributed by atoms with van der Waals surface area (Å²) in [5.74, 6) is -4.57. The number of hydrogen-bond acceptors (Lipinski definition) is 2. The molecule has 3 N–H and O–H groups in total. The van der Waals surface area contributed by atoms with Gasteiger partial charge in [-0.3, -0.25) is 4.79 Å². The van der Waals surface area contributed by atoms with Crippen molar-refractivity contribution in [3.05, 3.63) is 29.6 Å². The molecule has 0 radical (unpaired) electrons. The van der Waals surface area contributed by atoms with Crippen LogP contribution in [0.15, 0.2) is 17.1 Å². The van der Waals surface area contributed by atoms with E-state index in [-0.39, 0.29) is 6.54 Å². The van der Waals surface area contributed by atoms with E-state index in [0.717, 1.165) is 18.6 Å². The maximum absolute atomic E-state index is 13.4. The van der Waals surface area contributed by atoms with E-state index >= 15 is 0 Å². The molecule has 0 heterocycles. The first kappa shape index (κ1) is 17.8. The molecule has 1 amide bonds. The number of aliphatic imine (C=N–C) groups is 1. The molecule has 5 nitrogen and oxygen atoms in total. The molecule has 0 aromatic heterocycles. The molecule has 0 aliphatic carbocycles. The van der Waals surface area contributed by atoms with E-state index in [2.05, 4.69) is 20.9 Å². The van der Waals surface area contributed by atoms with Crippen molar-refractivity contribution in [1.82, 2.24) is 10.6 Å². The fourth-order valence-corrected chi connectivity index (χ4v) is 1.55. The predicted octanol–water partition coefficient (Wildman–Crippen LogP) is 2.01. The van der Waals surface area contributed by atoms with Gasteiger partial charge in [0.25, 0.3) is 0 Å². The summed E-state index contributed by atoms with van der Waals surface area (Å²) in [6.45, 7) is 4.88. The van der Waals surface area contributed by atoms with Crippen LogP contribution in [0.4, 0.5) is 18.9 Å². The second kappa shape index (κ2) is 8.91. The lowest BCUT2D eigenvalue weighted by atomic mass is 10.3. The summed E-state index contributed by atoms with van der Waals surface area (Å²) in [6.07, 6.45) is 0.886. The minimum atomic E-state index is -1.63. The first-order valence-corrected chi connectivity index (χ1v) is 6.95. The Morgan fingerprint density at radius 1 is 1.14 bits per heavy atom. The number of halogens is 3. The second-order valence-electron chi connectivity index (χ2n) is 4.39. The topological polar surface area (TPSA) is 65.5 Å². The number of guanidine groups is 1. The summed E-state index contributed by atoms with van der Waals surface area (Å²) in [5.41, 5.74) is -0.425. The Labute approximate surface area is 127 Å². The molecule has 0 atom stereocenters. The number of carbonyl (C=O) groups excluding carboxylic acids is 1. The van der Waals surface area contributed by atoms with Gasteiger partial charge in [0, 0.05) is 13.1 Å². The van der Waals surface area contributed by atoms with Crippen molar-refractivity contribution in [3.63, 3.8) is 0 Å². The van der Waals surface area contributed by atoms with Crippen molar-refractivity contribution < 1.29 is 18.0 Å². The van der Waals surface area contributed by atoms with E-state index in [0.29, 0.717) is 19.0 Å². The van der Waals surface area contributed by atoms with E-state index in [4.69, 9.17) is 0 Å². The zero-order chi connectivity index (χ0) is 16.5. The van der Waals surface area contributed by atoms with Gasteiger partial charge in [0.15, 0.2) is 23.4 Å². The third kappa shape index (κ3) is 5.27. The summed E-state index contributed by atoms with van der Waals surface area (Å²) < 4.78 is 39.3. The molecule has 0 spiro atoms. The number of amides is 1. The summed E-state index contributed by atoms with van der Waals surface area (Å²) in [6, 6.07) is 1.69. The highest BCUT2D eigenvalue weighted by atomic mass is 19.2. The standard InChI is InChI=1S/C14H19F3N4O/c1-3-7-19-14(18-4-2)20-8-11(22)21-10-6-5-9(15)12(16)13(10)17/h5-6H,3-4,7-8H2,1-2H3,(H,21,22)(H2,18,19,20). The highest BCUT2D eigenvalue weighted by Gasteiger charge is 2.15. The third-order valence-electron chi connectivity index (χ3n) is 2.58. The van der Waals surface area contributed by atoms with Gasteiger partial charge in [0.05, 0.1) is 5.69 Å². The number of rotatable bonds is 6. The number of carbonyl (C=O) groups is 1. The maximum atomic E-state index is 13.4. The third-order valence-corrected chi connectivity index (χ3v) is 2.58. The van der Waals surface area contributed by atoms with Crippen LogP contribution < -0.4 is 16.0 Å². The Bertz CT molecular complexity index is 549. The van der Waals surface area contributed by atoms with E-state index in [1.54, 1.807) is 0 Å². The van der Waals surface area contributed by atoms with Crippen LogP contribution in [0.25, 0.3) is 0 Å². The lowest BCUT2D eigenvalue weighted by Crippen LogP contribution is -2.38. The average Bonchev–Trinajstić information content (AvgIpc) is 2.50. The van der Waals surface area contributed by atoms with Gasteiger partial charge in [-0.15, -0.1) is 0 Å². The number of hydrogen-bond donors (Lipinski definition) is 3. The van der Waals surface area contributed by atoms with Crippen LogP contribution in [-0.2, 0) is 4.79 Å². The number of nitrogens with one attached hydrogen (secondary N) is 3. The van der Waals surface area contributed by atoms with Gasteiger partial charge in [0.1, 0.15) is 6.54 Å². The van der Waals surface area contributed by atoms with Crippen LogP contribution in [0.1, 0.15) is 20.3 Å². The van der Waals surface area contributed by atoms with Crippen LogP contribution in [0.2, 0.25) is 0 Å². The second-order valence-corrected chi connectivity index (χ2v) is 4.39. The molecule has 8 heteroatoms. The molecule has 1 aromatic carbocycles. The van der Waals surface area contributed by atoms with E-state index in [9.17, 15) is 18.0 Å². The fourth-order valence-electron chi connectivity index (χ4n) is 1.55. The lowest BCUT2D eigenvalue weighted by molar-refractivity contribution is -0.114. The molecule has 0 aliphatic heterocycles. The molecule has 1 rings (SSSR count). The molecule has 1 aromatic rings. The van der Waals surface area contributed by atoms with Gasteiger partial charge in [0.2, 0.25) is 5.91 Å². The highest BCUT2D eigenvalue weighted by Crippen LogP contribution is 2.19. The molecular weight excluding hydrogens is 297 g/mol. The van der Waals surface area contributed by atoms with Crippen molar-refractivity contribution in [3.8, 4) is 0 Å². The smallest absolute Gasteiger partial charge is 0.246 e. The van der Waals surface area contributed by atoms with Gasteiger partial charge in [-0.2, -0.15) is 0 Å². The SMILES string of the molecule is CCCNC(=NCC(=O)Nc1ccc(F)c(F)c1F)NCC. The van der Waals surface area contributed by atoms with Crippen molar-refractivity contribution >= 4 is 17.6 Å². The Balaban J connectivity index is 2.67. The number of benzene rings is 1. The summed E-state index contributed by atoms with van der Waals surface area (Å²) in [4.78, 5) is 15.7. The minimum Gasteiger partial charge on any atom is -0.357 e. The molecule has 0 fully saturated rings. The zero-order valence-corrected chi connectivity index (χ0v) is 12.5. The first-order valence-electron chi connectivity index (χ1n) is 6.95. The molecule has 0 aliphatic rings. The molecular formula is C14H19F3N4O. The Kier molecular flexibility index (Phi) is 7.21. The van der Waals surface area contributed by atoms with Crippen molar-refractivity contribution in [2.45, 2.75) is 20.3 Å². The number of nitrogens with zero attached hydrogens (tertiary/aromatic N) is 1. The molecule has 122 valence electrons. The molecule has 0 saturated heterocycles. The number of anilines is 1. The maximum Gasteiger partial charge on any atom is 0.246 e. The van der Waals surface area contributed by atoms with E-state index in [1.807, 2.05) is 13.8 Å². The molecule has 0 bridgehead atoms. The fraction of sp³-hybridized carbons (Fsp3) is 0.429. The first-order chi connectivity index (χ1) is 10.5. The van der Waals surface area contributed by atoms with Crippen molar-refractivity contribution in [2.75, 3.05) is 25.0 Å². The lowest BCUT2D eigenvalue weighted by Gasteiger charge is -2.10. The van der Waals surface area contributed by atoms with Crippen LogP contribution in [-0.4, -0.2) is 31.5 Å². The highest BCUT2D eigenvalue weighted by molar-refractivity contribution is 5.94. The van der Waals surface area contributed by atoms with Gasteiger partial charge < -0.3 is 16.0 Å². The normalized spacial score (nSPS) is 11.2. The van der Waals surface area contributed by atoms with Gasteiger partial charge in [-0.05, 0) is 25.5 Å². The van der Waals surface area contributed by atoms with Gasteiger partial charge in [-0.1, -0.05) is 6.92 Å². The molecule has 0 unspecified atom stereocenters. The molecule has 22 heavy (non-hydrogen) atoms. The Morgan fingerprint density at radius 2 is 1.86 bits per heavy atom. The average molecular weight is 316 g/mol. The summed E-state index contributed by atoms with van der Waals surface area (Å²) in [5, 5.41) is 8.08. The summed E-state index contributed by atoms with van der Waals surface area (Å²) >= 11 is 0. The van der Waals surface area contributed by atoms with Gasteiger partial charge >= 0.3 is 0 Å². The van der Waals surface area contributed by atoms with Crippen LogP contribution >= 0.6 is 0 Å². The van der Waals surface area contributed by atoms with E-state index in [1.165, 1.54) is 0 Å². The van der Waals surface area contributed by atoms with Crippen molar-refractivity contribution in [2.24, 2.45) is 4.99 Å². The van der Waals surface area contributed by atoms with E-state index < -0.39 is 29.0 Å². The largest absolute Gasteiger partial charge is 0.357 e. The quantitative estimate of drug-likeness (QED) is 0.427. The predicted molar refractivity (Wildman–Crippen MR) is 79.2 cm³/mol. The van der Waals surface area contributed by atoms with Crippen molar-refractivity contribution in [1.29, 1.82) is 0 Å².